The minimum Gasteiger partial charge on any atom is -0.326 e. The Morgan fingerprint density at radius 2 is 1.88 bits per heavy atom. The first-order valence-electron chi connectivity index (χ1n) is 4.40. The highest BCUT2D eigenvalue weighted by Gasteiger charge is 2.65. The summed E-state index contributed by atoms with van der Waals surface area (Å²) < 4.78 is 38.9. The highest BCUT2D eigenvalue weighted by molar-refractivity contribution is 14.1. The van der Waals surface area contributed by atoms with Gasteiger partial charge in [0.25, 0.3) is 0 Å². The zero-order valence-corrected chi connectivity index (χ0v) is 10.1. The first-order valence-corrected chi connectivity index (χ1v) is 5.48. The molecule has 2 rings (SSSR count). The first kappa shape index (κ1) is 11.8. The van der Waals surface area contributed by atoms with Crippen molar-refractivity contribution in [3.63, 3.8) is 0 Å². The Morgan fingerprint density at radius 3 is 2.31 bits per heavy atom. The lowest BCUT2D eigenvalue weighted by Gasteiger charge is -2.15. The second kappa shape index (κ2) is 3.66. The van der Waals surface area contributed by atoms with Crippen molar-refractivity contribution in [2.24, 2.45) is 16.0 Å². The molecule has 0 atom stereocenters. The third-order valence-corrected chi connectivity index (χ3v) is 2.91. The Labute approximate surface area is 103 Å². The van der Waals surface area contributed by atoms with Crippen LogP contribution >= 0.6 is 22.6 Å². The molecule has 7 heteroatoms. The average Bonchev–Trinajstić information content (AvgIpc) is 2.96. The van der Waals surface area contributed by atoms with E-state index >= 15 is 0 Å². The summed E-state index contributed by atoms with van der Waals surface area (Å²) in [6.45, 7) is 0.192. The SMILES string of the molecule is NCc1cc(I)cc(C2(C(F)(F)F)N=N2)c1. The van der Waals surface area contributed by atoms with Crippen LogP contribution in [0.5, 0.6) is 0 Å². The average molecular weight is 341 g/mol. The number of halogens is 4. The third kappa shape index (κ3) is 1.81. The Kier molecular flexibility index (Phi) is 2.69. The van der Waals surface area contributed by atoms with Gasteiger partial charge in [-0.3, -0.25) is 0 Å². The number of hydrogen-bond donors (Lipinski definition) is 1. The summed E-state index contributed by atoms with van der Waals surface area (Å²) in [5.74, 6) is 0. The zero-order chi connectivity index (χ0) is 12.0. The van der Waals surface area contributed by atoms with Gasteiger partial charge in [-0.1, -0.05) is 0 Å². The van der Waals surface area contributed by atoms with Crippen LogP contribution in [0, 0.1) is 3.57 Å². The molecular weight excluding hydrogens is 334 g/mol. The highest BCUT2D eigenvalue weighted by atomic mass is 127. The van der Waals surface area contributed by atoms with E-state index in [1.165, 1.54) is 12.1 Å². The van der Waals surface area contributed by atoms with Crippen LogP contribution in [0.2, 0.25) is 0 Å². The van der Waals surface area contributed by atoms with Gasteiger partial charge in [0.15, 0.2) is 0 Å². The number of hydrogen-bond acceptors (Lipinski definition) is 3. The van der Waals surface area contributed by atoms with Crippen molar-refractivity contribution in [3.05, 3.63) is 32.9 Å². The fraction of sp³-hybridized carbons (Fsp3) is 0.333. The number of nitrogens with two attached hydrogens (primary N) is 1. The van der Waals surface area contributed by atoms with E-state index in [4.69, 9.17) is 5.73 Å². The van der Waals surface area contributed by atoms with E-state index in [0.717, 1.165) is 0 Å². The molecule has 1 aromatic rings. The fourth-order valence-electron chi connectivity index (χ4n) is 1.41. The van der Waals surface area contributed by atoms with Gasteiger partial charge < -0.3 is 5.73 Å². The molecular formula is C9H7F3IN3. The molecule has 1 heterocycles. The molecule has 0 radical (unpaired) electrons. The molecule has 86 valence electrons. The lowest BCUT2D eigenvalue weighted by molar-refractivity contribution is -0.166. The molecule has 2 N–H and O–H groups in total. The standard InChI is InChI=1S/C9H7F3IN3/c10-9(11,12)8(15-16-8)6-1-5(4-14)2-7(13)3-6/h1-3H,4,14H2. The molecule has 0 unspecified atom stereocenters. The Hall–Kier alpha value is -0.700. The summed E-state index contributed by atoms with van der Waals surface area (Å²) in [5.41, 5.74) is 3.74. The van der Waals surface area contributed by atoms with E-state index in [1.807, 2.05) is 22.6 Å². The molecule has 1 aromatic carbocycles. The van der Waals surface area contributed by atoms with Crippen LogP contribution in [0.3, 0.4) is 0 Å². The second-order valence-corrected chi connectivity index (χ2v) is 4.67. The molecule has 0 fully saturated rings. The first-order chi connectivity index (χ1) is 7.39. The summed E-state index contributed by atoms with van der Waals surface area (Å²) in [7, 11) is 0. The Balaban J connectivity index is 2.45. The summed E-state index contributed by atoms with van der Waals surface area (Å²) in [6, 6.07) is 4.55. The fourth-order valence-corrected chi connectivity index (χ4v) is 2.15. The molecule has 0 spiro atoms. The van der Waals surface area contributed by atoms with Crippen molar-refractivity contribution in [1.82, 2.24) is 0 Å². The van der Waals surface area contributed by atoms with Gasteiger partial charge in [0, 0.05) is 15.7 Å². The maximum Gasteiger partial charge on any atom is 0.442 e. The lowest BCUT2D eigenvalue weighted by Crippen LogP contribution is -2.30. The summed E-state index contributed by atoms with van der Waals surface area (Å²) in [6.07, 6.45) is -4.48. The van der Waals surface area contributed by atoms with Gasteiger partial charge in [0.05, 0.1) is 0 Å². The normalized spacial score (nSPS) is 17.6. The van der Waals surface area contributed by atoms with Gasteiger partial charge in [-0.25, -0.2) is 0 Å². The van der Waals surface area contributed by atoms with Gasteiger partial charge >= 0.3 is 11.8 Å². The van der Waals surface area contributed by atoms with Gasteiger partial charge in [-0.05, 0) is 46.4 Å². The Bertz CT molecular complexity index is 450. The highest BCUT2D eigenvalue weighted by Crippen LogP contribution is 2.52. The summed E-state index contributed by atoms with van der Waals surface area (Å²) in [4.78, 5) is 0. The molecule has 1 aliphatic rings. The van der Waals surface area contributed by atoms with E-state index in [-0.39, 0.29) is 12.1 Å². The molecule has 0 amide bonds. The van der Waals surface area contributed by atoms with Crippen molar-refractivity contribution < 1.29 is 13.2 Å². The molecule has 0 aromatic heterocycles. The minimum atomic E-state index is -4.48. The molecule has 0 saturated heterocycles. The smallest absolute Gasteiger partial charge is 0.326 e. The van der Waals surface area contributed by atoms with E-state index in [9.17, 15) is 13.2 Å². The molecule has 16 heavy (non-hydrogen) atoms. The van der Waals surface area contributed by atoms with Crippen molar-refractivity contribution in [2.45, 2.75) is 18.4 Å². The lowest BCUT2D eigenvalue weighted by atomic mass is 10.0. The summed E-state index contributed by atoms with van der Waals surface area (Å²) >= 11 is 1.94. The predicted molar refractivity (Wildman–Crippen MR) is 59.6 cm³/mol. The van der Waals surface area contributed by atoms with E-state index in [0.29, 0.717) is 9.13 Å². The quantitative estimate of drug-likeness (QED) is 0.827. The molecule has 0 saturated carbocycles. The van der Waals surface area contributed by atoms with Crippen molar-refractivity contribution in [2.75, 3.05) is 0 Å². The maximum absolute atomic E-state index is 12.7. The van der Waals surface area contributed by atoms with Crippen LogP contribution in [0.1, 0.15) is 11.1 Å². The zero-order valence-electron chi connectivity index (χ0n) is 7.92. The van der Waals surface area contributed by atoms with Crippen molar-refractivity contribution in [1.29, 1.82) is 0 Å². The van der Waals surface area contributed by atoms with Crippen molar-refractivity contribution >= 4 is 22.6 Å². The largest absolute Gasteiger partial charge is 0.442 e. The van der Waals surface area contributed by atoms with Crippen LogP contribution < -0.4 is 5.73 Å². The van der Waals surface area contributed by atoms with Gasteiger partial charge in [-0.15, -0.1) is 10.2 Å². The second-order valence-electron chi connectivity index (χ2n) is 3.42. The maximum atomic E-state index is 12.7. The minimum absolute atomic E-state index is 0.0346. The van der Waals surface area contributed by atoms with E-state index in [1.54, 1.807) is 6.07 Å². The van der Waals surface area contributed by atoms with Crippen LogP contribution in [-0.2, 0) is 12.2 Å². The number of benzene rings is 1. The predicted octanol–water partition coefficient (Wildman–Crippen LogP) is 2.93. The van der Waals surface area contributed by atoms with Crippen molar-refractivity contribution in [3.8, 4) is 0 Å². The van der Waals surface area contributed by atoms with E-state index in [2.05, 4.69) is 10.2 Å². The molecule has 0 aliphatic carbocycles. The summed E-state index contributed by atoms with van der Waals surface area (Å²) in [5, 5.41) is 6.30. The van der Waals surface area contributed by atoms with Crippen LogP contribution in [0.15, 0.2) is 28.4 Å². The monoisotopic (exact) mass is 341 g/mol. The third-order valence-electron chi connectivity index (χ3n) is 2.29. The molecule has 0 bridgehead atoms. The number of rotatable bonds is 2. The number of nitrogens with zero attached hydrogens (tertiary/aromatic N) is 2. The van der Waals surface area contributed by atoms with Gasteiger partial charge in [-0.2, -0.15) is 13.2 Å². The van der Waals surface area contributed by atoms with Gasteiger partial charge in [0.2, 0.25) is 0 Å². The van der Waals surface area contributed by atoms with Crippen LogP contribution in [0.25, 0.3) is 0 Å². The van der Waals surface area contributed by atoms with Crippen LogP contribution in [0.4, 0.5) is 13.2 Å². The number of alkyl halides is 3. The van der Waals surface area contributed by atoms with Gasteiger partial charge in [0.1, 0.15) is 0 Å². The van der Waals surface area contributed by atoms with Crippen LogP contribution in [-0.4, -0.2) is 6.18 Å². The van der Waals surface area contributed by atoms with E-state index < -0.39 is 11.8 Å². The topological polar surface area (TPSA) is 50.7 Å². The molecule has 1 aliphatic heterocycles. The molecule has 3 nitrogen and oxygen atoms in total. The Morgan fingerprint density at radius 1 is 1.25 bits per heavy atom.